The molecule has 0 aliphatic heterocycles. The molecule has 0 saturated heterocycles. The van der Waals surface area contributed by atoms with E-state index in [1.165, 1.54) is 77.3 Å². The summed E-state index contributed by atoms with van der Waals surface area (Å²) in [7, 11) is 0. The largest absolute Gasteiger partial charge is 0.317 e. The molecule has 0 amide bonds. The van der Waals surface area contributed by atoms with Crippen LogP contribution in [0.1, 0.15) is 71.1 Å². The summed E-state index contributed by atoms with van der Waals surface area (Å²) in [6.45, 7) is 11.4. The molecule has 0 aromatic rings. The molecule has 0 atom stereocenters. The van der Waals surface area contributed by atoms with E-state index in [0.29, 0.717) is 0 Å². The van der Waals surface area contributed by atoms with Gasteiger partial charge in [0.25, 0.3) is 0 Å². The van der Waals surface area contributed by atoms with Crippen LogP contribution in [0.15, 0.2) is 0 Å². The fraction of sp³-hybridized carbons (Fsp3) is 1.00. The molecule has 1 fully saturated rings. The molecule has 0 aromatic heterocycles. The second kappa shape index (κ2) is 17.7. The van der Waals surface area contributed by atoms with Gasteiger partial charge in [0.05, 0.1) is 0 Å². The molecule has 144 valence electrons. The topological polar surface area (TPSA) is 48.1 Å². The molecule has 1 saturated carbocycles. The Labute approximate surface area is 151 Å². The molecule has 1 rings (SSSR count). The van der Waals surface area contributed by atoms with Crippen molar-refractivity contribution in [2.75, 3.05) is 52.4 Å². The van der Waals surface area contributed by atoms with Gasteiger partial charge < -0.3 is 21.3 Å². The lowest BCUT2D eigenvalue weighted by atomic mass is 9.91. The molecule has 1 aliphatic rings. The summed E-state index contributed by atoms with van der Waals surface area (Å²) in [6.07, 6.45) is 13.9. The zero-order valence-corrected chi connectivity index (χ0v) is 16.3. The van der Waals surface area contributed by atoms with Gasteiger partial charge in [-0.3, -0.25) is 0 Å². The van der Waals surface area contributed by atoms with E-state index in [4.69, 9.17) is 0 Å². The summed E-state index contributed by atoms with van der Waals surface area (Å²) in [4.78, 5) is 0. The average molecular weight is 341 g/mol. The Morgan fingerprint density at radius 1 is 0.583 bits per heavy atom. The predicted molar refractivity (Wildman–Crippen MR) is 107 cm³/mol. The lowest BCUT2D eigenvalue weighted by Crippen LogP contribution is -2.28. The van der Waals surface area contributed by atoms with Crippen molar-refractivity contribution >= 4 is 0 Å². The Balaban J connectivity index is 1.74. The summed E-state index contributed by atoms with van der Waals surface area (Å²) in [5.41, 5.74) is 0. The molecule has 1 aliphatic carbocycles. The van der Waals surface area contributed by atoms with E-state index in [9.17, 15) is 0 Å². The molecule has 4 N–H and O–H groups in total. The van der Waals surface area contributed by atoms with Crippen LogP contribution in [0.2, 0.25) is 0 Å². The van der Waals surface area contributed by atoms with Crippen molar-refractivity contribution in [2.24, 2.45) is 5.92 Å². The molecule has 0 unspecified atom stereocenters. The molecule has 4 heteroatoms. The Morgan fingerprint density at radius 2 is 1.04 bits per heavy atom. The van der Waals surface area contributed by atoms with E-state index in [0.717, 1.165) is 45.2 Å². The van der Waals surface area contributed by atoms with Crippen LogP contribution in [0.25, 0.3) is 0 Å². The summed E-state index contributed by atoms with van der Waals surface area (Å²) in [6, 6.07) is 0. The minimum atomic E-state index is 0.942. The van der Waals surface area contributed by atoms with Crippen molar-refractivity contribution < 1.29 is 0 Å². The molecule has 0 aromatic carbocycles. The van der Waals surface area contributed by atoms with Crippen LogP contribution < -0.4 is 21.3 Å². The van der Waals surface area contributed by atoms with Crippen molar-refractivity contribution in [3.8, 4) is 0 Å². The maximum atomic E-state index is 3.68. The SMILES string of the molecule is CCNCCCNCCCNCCCNCC1CCCCCCC1. The van der Waals surface area contributed by atoms with E-state index in [2.05, 4.69) is 28.2 Å². The third kappa shape index (κ3) is 14.2. The van der Waals surface area contributed by atoms with E-state index in [1.54, 1.807) is 0 Å². The van der Waals surface area contributed by atoms with E-state index < -0.39 is 0 Å². The quantitative estimate of drug-likeness (QED) is 0.346. The molecule has 24 heavy (non-hydrogen) atoms. The van der Waals surface area contributed by atoms with Crippen LogP contribution in [-0.2, 0) is 0 Å². The summed E-state index contributed by atoms with van der Waals surface area (Å²) < 4.78 is 0. The van der Waals surface area contributed by atoms with Gasteiger partial charge in [0.15, 0.2) is 0 Å². The first-order valence-corrected chi connectivity index (χ1v) is 10.8. The average Bonchev–Trinajstić information content (AvgIpc) is 2.56. The first-order valence-electron chi connectivity index (χ1n) is 10.8. The molecule has 0 spiro atoms. The fourth-order valence-electron chi connectivity index (χ4n) is 3.49. The summed E-state index contributed by atoms with van der Waals surface area (Å²) >= 11 is 0. The van der Waals surface area contributed by atoms with Gasteiger partial charge in [-0.05, 0) is 90.4 Å². The second-order valence-electron chi connectivity index (χ2n) is 7.33. The lowest BCUT2D eigenvalue weighted by molar-refractivity contribution is 0.360. The zero-order valence-electron chi connectivity index (χ0n) is 16.3. The molecule has 0 radical (unpaired) electrons. The Morgan fingerprint density at radius 3 is 1.58 bits per heavy atom. The Kier molecular flexibility index (Phi) is 16.1. The normalized spacial score (nSPS) is 16.9. The number of nitrogens with one attached hydrogen (secondary N) is 4. The van der Waals surface area contributed by atoms with Gasteiger partial charge in [-0.1, -0.05) is 39.0 Å². The standard InChI is InChI=1S/C20H44N4/c1-2-21-13-8-14-22-15-9-16-23-17-10-18-24-19-20-11-6-4-3-5-7-12-20/h20-24H,2-19H2,1H3. The summed E-state index contributed by atoms with van der Waals surface area (Å²) in [5, 5.41) is 14.1. The highest BCUT2D eigenvalue weighted by Gasteiger charge is 2.10. The lowest BCUT2D eigenvalue weighted by Gasteiger charge is -2.20. The highest BCUT2D eigenvalue weighted by atomic mass is 14.9. The molecule has 0 heterocycles. The second-order valence-corrected chi connectivity index (χ2v) is 7.33. The zero-order chi connectivity index (χ0) is 17.1. The van der Waals surface area contributed by atoms with Gasteiger partial charge in [-0.2, -0.15) is 0 Å². The van der Waals surface area contributed by atoms with E-state index >= 15 is 0 Å². The molecular weight excluding hydrogens is 296 g/mol. The van der Waals surface area contributed by atoms with E-state index in [1.807, 2.05) is 0 Å². The van der Waals surface area contributed by atoms with Crippen molar-refractivity contribution in [2.45, 2.75) is 71.1 Å². The van der Waals surface area contributed by atoms with Crippen molar-refractivity contribution in [1.29, 1.82) is 0 Å². The number of rotatable bonds is 15. The van der Waals surface area contributed by atoms with Gasteiger partial charge in [0.1, 0.15) is 0 Å². The number of hydrogen-bond donors (Lipinski definition) is 4. The third-order valence-electron chi connectivity index (χ3n) is 5.03. The van der Waals surface area contributed by atoms with Gasteiger partial charge in [-0.15, -0.1) is 0 Å². The van der Waals surface area contributed by atoms with Crippen LogP contribution in [-0.4, -0.2) is 52.4 Å². The van der Waals surface area contributed by atoms with Gasteiger partial charge in [-0.25, -0.2) is 0 Å². The van der Waals surface area contributed by atoms with Gasteiger partial charge in [0, 0.05) is 0 Å². The van der Waals surface area contributed by atoms with Gasteiger partial charge >= 0.3 is 0 Å². The van der Waals surface area contributed by atoms with Crippen molar-refractivity contribution in [1.82, 2.24) is 21.3 Å². The molecule has 4 nitrogen and oxygen atoms in total. The number of hydrogen-bond acceptors (Lipinski definition) is 4. The Hall–Kier alpha value is -0.160. The fourth-order valence-corrected chi connectivity index (χ4v) is 3.49. The molecule has 0 bridgehead atoms. The van der Waals surface area contributed by atoms with Crippen molar-refractivity contribution in [3.63, 3.8) is 0 Å². The maximum Gasteiger partial charge on any atom is -0.00205 e. The molecular formula is C20H44N4. The smallest absolute Gasteiger partial charge is 0.00205 e. The van der Waals surface area contributed by atoms with Crippen LogP contribution in [0.4, 0.5) is 0 Å². The Bertz CT molecular complexity index is 240. The minimum absolute atomic E-state index is 0.942. The van der Waals surface area contributed by atoms with Crippen molar-refractivity contribution in [3.05, 3.63) is 0 Å². The highest BCUT2D eigenvalue weighted by molar-refractivity contribution is 4.66. The first kappa shape index (κ1) is 21.9. The third-order valence-corrected chi connectivity index (χ3v) is 5.03. The van der Waals surface area contributed by atoms with Crippen LogP contribution in [0.5, 0.6) is 0 Å². The van der Waals surface area contributed by atoms with Crippen LogP contribution in [0.3, 0.4) is 0 Å². The van der Waals surface area contributed by atoms with Crippen LogP contribution in [0, 0.1) is 5.92 Å². The monoisotopic (exact) mass is 340 g/mol. The first-order chi connectivity index (χ1) is 11.9. The predicted octanol–water partition coefficient (Wildman–Crippen LogP) is 2.90. The summed E-state index contributed by atoms with van der Waals surface area (Å²) in [5.74, 6) is 0.942. The highest BCUT2D eigenvalue weighted by Crippen LogP contribution is 2.21. The van der Waals surface area contributed by atoms with Gasteiger partial charge in [0.2, 0.25) is 0 Å². The minimum Gasteiger partial charge on any atom is -0.317 e. The van der Waals surface area contributed by atoms with E-state index in [-0.39, 0.29) is 0 Å². The maximum absolute atomic E-state index is 3.68. The van der Waals surface area contributed by atoms with Crippen LogP contribution >= 0.6 is 0 Å².